The Labute approximate surface area is 99.2 Å². The fraction of sp³-hybridized carbons (Fsp3) is 0.923. The van der Waals surface area contributed by atoms with Crippen molar-refractivity contribution < 1.29 is 14.6 Å². The predicted molar refractivity (Wildman–Crippen MR) is 65.5 cm³/mol. The summed E-state index contributed by atoms with van der Waals surface area (Å²) in [5.74, 6) is -0.00685. The van der Waals surface area contributed by atoms with E-state index in [2.05, 4.69) is 6.92 Å². The molecule has 0 saturated carbocycles. The molecule has 0 bridgehead atoms. The van der Waals surface area contributed by atoms with Crippen molar-refractivity contribution in [3.63, 3.8) is 0 Å². The van der Waals surface area contributed by atoms with Gasteiger partial charge in [-0.15, -0.1) is 0 Å². The monoisotopic (exact) mass is 230 g/mol. The fourth-order valence-corrected chi connectivity index (χ4v) is 1.64. The van der Waals surface area contributed by atoms with Crippen molar-refractivity contribution in [2.24, 2.45) is 0 Å². The minimum Gasteiger partial charge on any atom is -0.385 e. The third-order valence-electron chi connectivity index (χ3n) is 2.72. The second kappa shape index (κ2) is 11.1. The van der Waals surface area contributed by atoms with Gasteiger partial charge in [0.05, 0.1) is 0 Å². The van der Waals surface area contributed by atoms with Crippen LogP contribution in [0.1, 0.15) is 58.3 Å². The molecular weight excluding hydrogens is 204 g/mol. The number of hydrogen-bond acceptors (Lipinski definition) is 3. The lowest BCUT2D eigenvalue weighted by Gasteiger charge is -2.09. The number of unbranched alkanes of at least 4 members (excludes halogenated alkanes) is 4. The van der Waals surface area contributed by atoms with Gasteiger partial charge < -0.3 is 9.84 Å². The van der Waals surface area contributed by atoms with E-state index in [1.807, 2.05) is 0 Å². The summed E-state index contributed by atoms with van der Waals surface area (Å²) in [7, 11) is 1.66. The zero-order chi connectivity index (χ0) is 12.2. The number of ketones is 1. The summed E-state index contributed by atoms with van der Waals surface area (Å²) in [5.41, 5.74) is 0. The van der Waals surface area contributed by atoms with Crippen LogP contribution in [0.25, 0.3) is 0 Å². The number of ether oxygens (including phenoxy) is 1. The third kappa shape index (κ3) is 8.86. The second-order valence-corrected chi connectivity index (χ2v) is 4.28. The minimum absolute atomic E-state index is 0.00685. The molecule has 0 radical (unpaired) electrons. The lowest BCUT2D eigenvalue weighted by Crippen LogP contribution is -2.20. The highest BCUT2D eigenvalue weighted by atomic mass is 16.5. The molecule has 0 fully saturated rings. The molecule has 0 heterocycles. The first kappa shape index (κ1) is 15.6. The van der Waals surface area contributed by atoms with E-state index in [9.17, 15) is 9.90 Å². The smallest absolute Gasteiger partial charge is 0.161 e. The maximum atomic E-state index is 11.5. The number of carbonyl (C=O) groups excluding carboxylic acids is 1. The average Bonchev–Trinajstić information content (AvgIpc) is 2.29. The van der Waals surface area contributed by atoms with Gasteiger partial charge in [-0.05, 0) is 19.3 Å². The third-order valence-corrected chi connectivity index (χ3v) is 2.72. The molecule has 0 rings (SSSR count). The first-order valence-corrected chi connectivity index (χ1v) is 6.42. The van der Waals surface area contributed by atoms with Crippen molar-refractivity contribution in [3.8, 4) is 0 Å². The van der Waals surface area contributed by atoms with Gasteiger partial charge in [-0.25, -0.2) is 0 Å². The van der Waals surface area contributed by atoms with Crippen LogP contribution in [0.4, 0.5) is 0 Å². The molecule has 3 nitrogen and oxygen atoms in total. The van der Waals surface area contributed by atoms with Crippen LogP contribution in [0.3, 0.4) is 0 Å². The van der Waals surface area contributed by atoms with Crippen molar-refractivity contribution in [3.05, 3.63) is 0 Å². The molecule has 0 amide bonds. The molecule has 3 heteroatoms. The molecule has 0 aliphatic rings. The maximum absolute atomic E-state index is 11.5. The summed E-state index contributed by atoms with van der Waals surface area (Å²) in [6.45, 7) is 2.84. The zero-order valence-electron chi connectivity index (χ0n) is 10.7. The first-order valence-electron chi connectivity index (χ1n) is 6.42. The molecular formula is C13H26O3. The molecule has 0 aliphatic carbocycles. The summed E-state index contributed by atoms with van der Waals surface area (Å²) in [6.07, 6.45) is 6.53. The number of hydrogen-bond donors (Lipinski definition) is 1. The Balaban J connectivity index is 3.42. The van der Waals surface area contributed by atoms with Crippen LogP contribution >= 0.6 is 0 Å². The lowest BCUT2D eigenvalue weighted by molar-refractivity contribution is -0.127. The topological polar surface area (TPSA) is 46.5 Å². The van der Waals surface area contributed by atoms with E-state index < -0.39 is 6.10 Å². The van der Waals surface area contributed by atoms with Crippen LogP contribution in [0, 0.1) is 0 Å². The Hall–Kier alpha value is -0.410. The van der Waals surface area contributed by atoms with Gasteiger partial charge in [-0.2, -0.15) is 0 Å². The van der Waals surface area contributed by atoms with Crippen LogP contribution in [-0.2, 0) is 9.53 Å². The summed E-state index contributed by atoms with van der Waals surface area (Å²) in [4.78, 5) is 11.5. The van der Waals surface area contributed by atoms with E-state index in [1.54, 1.807) is 7.11 Å². The van der Waals surface area contributed by atoms with E-state index in [1.165, 1.54) is 12.8 Å². The van der Waals surface area contributed by atoms with Crippen molar-refractivity contribution in [1.82, 2.24) is 0 Å². The van der Waals surface area contributed by atoms with Gasteiger partial charge in [0, 0.05) is 20.1 Å². The molecule has 16 heavy (non-hydrogen) atoms. The van der Waals surface area contributed by atoms with E-state index in [0.717, 1.165) is 25.7 Å². The van der Waals surface area contributed by atoms with Gasteiger partial charge in [0.25, 0.3) is 0 Å². The molecule has 0 saturated heterocycles. The predicted octanol–water partition coefficient (Wildman–Crippen LogP) is 2.70. The van der Waals surface area contributed by atoms with Crippen molar-refractivity contribution in [2.45, 2.75) is 64.4 Å². The Morgan fingerprint density at radius 1 is 1.19 bits per heavy atom. The van der Waals surface area contributed by atoms with Crippen LogP contribution in [0.15, 0.2) is 0 Å². The van der Waals surface area contributed by atoms with Gasteiger partial charge >= 0.3 is 0 Å². The molecule has 96 valence electrons. The van der Waals surface area contributed by atoms with Crippen molar-refractivity contribution >= 4 is 5.78 Å². The Morgan fingerprint density at radius 3 is 2.56 bits per heavy atom. The molecule has 1 unspecified atom stereocenters. The number of Topliss-reactive ketones (excluding diaryl/α,β-unsaturated/α-hetero) is 1. The van der Waals surface area contributed by atoms with Gasteiger partial charge in [0.15, 0.2) is 5.78 Å². The van der Waals surface area contributed by atoms with E-state index in [0.29, 0.717) is 19.4 Å². The minimum atomic E-state index is -0.737. The normalized spacial score (nSPS) is 12.7. The molecule has 0 aromatic carbocycles. The lowest BCUT2D eigenvalue weighted by atomic mass is 10.0. The number of aliphatic hydroxyl groups excluding tert-OH is 1. The molecule has 0 aliphatic heterocycles. The van der Waals surface area contributed by atoms with Gasteiger partial charge in [0.1, 0.15) is 6.10 Å². The Bertz CT molecular complexity index is 169. The SMILES string of the molecule is CCCCCCC(O)C(=O)CCCCOC. The van der Waals surface area contributed by atoms with E-state index in [4.69, 9.17) is 4.74 Å². The molecule has 0 aromatic heterocycles. The van der Waals surface area contributed by atoms with Crippen LogP contribution in [0.5, 0.6) is 0 Å². The quantitative estimate of drug-likeness (QED) is 0.555. The highest BCUT2D eigenvalue weighted by molar-refractivity contribution is 5.82. The highest BCUT2D eigenvalue weighted by Crippen LogP contribution is 2.09. The zero-order valence-corrected chi connectivity index (χ0v) is 10.7. The first-order chi connectivity index (χ1) is 7.72. The number of methoxy groups -OCH3 is 1. The summed E-state index contributed by atoms with van der Waals surface area (Å²) < 4.78 is 4.90. The largest absolute Gasteiger partial charge is 0.385 e. The Kier molecular flexibility index (Phi) is 10.8. The van der Waals surface area contributed by atoms with Gasteiger partial charge in [-0.1, -0.05) is 32.6 Å². The Morgan fingerprint density at radius 2 is 1.94 bits per heavy atom. The molecule has 0 spiro atoms. The number of aliphatic hydroxyl groups is 1. The second-order valence-electron chi connectivity index (χ2n) is 4.28. The highest BCUT2D eigenvalue weighted by Gasteiger charge is 2.13. The summed E-state index contributed by atoms with van der Waals surface area (Å²) in [5, 5.41) is 9.59. The maximum Gasteiger partial charge on any atom is 0.161 e. The van der Waals surface area contributed by atoms with Crippen LogP contribution in [-0.4, -0.2) is 30.7 Å². The van der Waals surface area contributed by atoms with Gasteiger partial charge in [0.2, 0.25) is 0 Å². The number of rotatable bonds is 11. The molecule has 1 N–H and O–H groups in total. The fourth-order valence-electron chi connectivity index (χ4n) is 1.64. The van der Waals surface area contributed by atoms with Gasteiger partial charge in [-0.3, -0.25) is 4.79 Å². The summed E-state index contributed by atoms with van der Waals surface area (Å²) >= 11 is 0. The number of carbonyl (C=O) groups is 1. The summed E-state index contributed by atoms with van der Waals surface area (Å²) in [6, 6.07) is 0. The van der Waals surface area contributed by atoms with Crippen molar-refractivity contribution in [1.29, 1.82) is 0 Å². The van der Waals surface area contributed by atoms with Crippen LogP contribution in [0.2, 0.25) is 0 Å². The van der Waals surface area contributed by atoms with Crippen LogP contribution < -0.4 is 0 Å². The molecule has 1 atom stereocenters. The average molecular weight is 230 g/mol. The van der Waals surface area contributed by atoms with Crippen molar-refractivity contribution in [2.75, 3.05) is 13.7 Å². The molecule has 0 aromatic rings. The van der Waals surface area contributed by atoms with E-state index in [-0.39, 0.29) is 5.78 Å². The standard InChI is InChI=1S/C13H26O3/c1-3-4-5-6-9-12(14)13(15)10-7-8-11-16-2/h12,14H,3-11H2,1-2H3. The van der Waals surface area contributed by atoms with E-state index >= 15 is 0 Å².